The van der Waals surface area contributed by atoms with Crippen molar-refractivity contribution in [3.63, 3.8) is 0 Å². The molecule has 0 saturated heterocycles. The highest BCUT2D eigenvalue weighted by molar-refractivity contribution is 6.08. The second-order valence-electron chi connectivity index (χ2n) is 6.01. The molecule has 124 valence electrons. The van der Waals surface area contributed by atoms with Gasteiger partial charge in [-0.05, 0) is 36.8 Å². The van der Waals surface area contributed by atoms with Gasteiger partial charge in [0, 0.05) is 11.5 Å². The molecule has 0 radical (unpaired) electrons. The Kier molecular flexibility index (Phi) is 4.65. The molecule has 0 N–H and O–H groups in total. The van der Waals surface area contributed by atoms with Crippen LogP contribution in [0.2, 0.25) is 0 Å². The van der Waals surface area contributed by atoms with E-state index < -0.39 is 5.54 Å². The Hall–Kier alpha value is -2.62. The number of cyclic esters (lactones) is 1. The largest absolute Gasteiger partial charge is 0.465 e. The molecule has 1 aromatic carbocycles. The molecule has 0 bridgehead atoms. The summed E-state index contributed by atoms with van der Waals surface area (Å²) in [6.45, 7) is 4.04. The van der Waals surface area contributed by atoms with E-state index in [4.69, 9.17) is 14.1 Å². The van der Waals surface area contributed by atoms with E-state index in [0.717, 1.165) is 17.7 Å². The van der Waals surface area contributed by atoms with Crippen molar-refractivity contribution in [3.8, 4) is 0 Å². The predicted octanol–water partition coefficient (Wildman–Crippen LogP) is 4.47. The number of furan rings is 1. The highest BCUT2D eigenvalue weighted by atomic mass is 16.6. The minimum atomic E-state index is -0.872. The lowest BCUT2D eigenvalue weighted by Crippen LogP contribution is -2.39. The van der Waals surface area contributed by atoms with Crippen molar-refractivity contribution in [2.75, 3.05) is 0 Å². The number of aliphatic imine (C=N–C) groups is 1. The smallest absolute Gasteiger partial charge is 0.341 e. The number of hydrogen-bond donors (Lipinski definition) is 0. The fourth-order valence-electron chi connectivity index (χ4n) is 2.97. The van der Waals surface area contributed by atoms with Crippen molar-refractivity contribution in [1.82, 2.24) is 0 Å². The molecule has 0 saturated carbocycles. The van der Waals surface area contributed by atoms with Crippen molar-refractivity contribution >= 4 is 17.9 Å². The number of carbonyl (C=O) groups excluding carboxylic acids is 1. The van der Waals surface area contributed by atoms with Crippen LogP contribution in [0.25, 0.3) is 6.08 Å². The zero-order valence-electron chi connectivity index (χ0n) is 13.9. The van der Waals surface area contributed by atoms with Crippen LogP contribution in [-0.2, 0) is 9.53 Å². The van der Waals surface area contributed by atoms with Gasteiger partial charge in [-0.2, -0.15) is 0 Å². The summed E-state index contributed by atoms with van der Waals surface area (Å²) in [4.78, 5) is 17.4. The van der Waals surface area contributed by atoms with Crippen molar-refractivity contribution in [2.45, 2.75) is 32.2 Å². The molecule has 24 heavy (non-hydrogen) atoms. The lowest BCUT2D eigenvalue weighted by atomic mass is 9.82. The average molecular weight is 323 g/mol. The van der Waals surface area contributed by atoms with Crippen molar-refractivity contribution in [1.29, 1.82) is 0 Å². The lowest BCUT2D eigenvalue weighted by molar-refractivity contribution is -0.140. The summed E-state index contributed by atoms with van der Waals surface area (Å²) in [7, 11) is 0. The van der Waals surface area contributed by atoms with Gasteiger partial charge in [0.2, 0.25) is 5.90 Å². The fourth-order valence-corrected chi connectivity index (χ4v) is 2.97. The monoisotopic (exact) mass is 323 g/mol. The summed E-state index contributed by atoms with van der Waals surface area (Å²) in [5.74, 6) is 0.787. The van der Waals surface area contributed by atoms with E-state index in [1.54, 1.807) is 6.26 Å². The number of benzene rings is 1. The van der Waals surface area contributed by atoms with Gasteiger partial charge in [-0.3, -0.25) is 0 Å². The summed E-state index contributed by atoms with van der Waals surface area (Å²) in [5.41, 5.74) is -0.0470. The topological polar surface area (TPSA) is 51.8 Å². The van der Waals surface area contributed by atoms with Crippen molar-refractivity contribution in [3.05, 3.63) is 66.1 Å². The molecular formula is C20H21NO3. The Balaban J connectivity index is 1.92. The third-order valence-electron chi connectivity index (χ3n) is 4.34. The molecule has 1 aliphatic heterocycles. The maximum atomic E-state index is 12.7. The van der Waals surface area contributed by atoms with Gasteiger partial charge in [-0.25, -0.2) is 9.79 Å². The van der Waals surface area contributed by atoms with Crippen LogP contribution < -0.4 is 0 Å². The minimum Gasteiger partial charge on any atom is -0.465 e. The molecule has 2 aromatic rings. The highest BCUT2D eigenvalue weighted by Gasteiger charge is 2.48. The molecule has 4 nitrogen and oxygen atoms in total. The summed E-state index contributed by atoms with van der Waals surface area (Å²) < 4.78 is 10.8. The van der Waals surface area contributed by atoms with Gasteiger partial charge in [-0.1, -0.05) is 44.5 Å². The second-order valence-corrected chi connectivity index (χ2v) is 6.01. The zero-order valence-corrected chi connectivity index (χ0v) is 13.9. The van der Waals surface area contributed by atoms with Crippen LogP contribution >= 0.6 is 0 Å². The molecule has 0 amide bonds. The standard InChI is InChI=1S/C20H21NO3/c1-3-13-20(15(2)11-12-17-10-7-14-23-17)19(22)24-18(21-20)16-8-5-4-6-9-16/h4-12,14-15H,3,13H2,1-2H3/b12-11+/t15?,20-/m1/s1. The minimum absolute atomic E-state index is 0.101. The first-order valence-corrected chi connectivity index (χ1v) is 8.25. The quantitative estimate of drug-likeness (QED) is 0.737. The van der Waals surface area contributed by atoms with Crippen LogP contribution in [-0.4, -0.2) is 17.4 Å². The SMILES string of the molecule is CCC[C@]1(C(C)/C=C/c2ccco2)N=C(c2ccccc2)OC1=O. The maximum absolute atomic E-state index is 12.7. The fraction of sp³-hybridized carbons (Fsp3) is 0.300. The Morgan fingerprint density at radius 2 is 2.00 bits per heavy atom. The van der Waals surface area contributed by atoms with E-state index in [-0.39, 0.29) is 11.9 Å². The van der Waals surface area contributed by atoms with Gasteiger partial charge in [-0.15, -0.1) is 0 Å². The Morgan fingerprint density at radius 1 is 1.21 bits per heavy atom. The number of ether oxygens (including phenoxy) is 1. The number of hydrogen-bond acceptors (Lipinski definition) is 4. The Bertz CT molecular complexity index is 746. The van der Waals surface area contributed by atoms with Gasteiger partial charge in [0.1, 0.15) is 5.76 Å². The van der Waals surface area contributed by atoms with Gasteiger partial charge < -0.3 is 9.15 Å². The van der Waals surface area contributed by atoms with E-state index in [1.807, 2.05) is 68.5 Å². The molecule has 1 unspecified atom stereocenters. The van der Waals surface area contributed by atoms with Crippen LogP contribution in [0.1, 0.15) is 38.0 Å². The highest BCUT2D eigenvalue weighted by Crippen LogP contribution is 2.36. The number of nitrogens with zero attached hydrogens (tertiary/aromatic N) is 1. The molecule has 2 atom stereocenters. The summed E-state index contributed by atoms with van der Waals surface area (Å²) in [6.07, 6.45) is 6.96. The Labute approximate surface area is 141 Å². The van der Waals surface area contributed by atoms with Crippen LogP contribution in [0.4, 0.5) is 0 Å². The average Bonchev–Trinajstić information content (AvgIpc) is 3.23. The van der Waals surface area contributed by atoms with E-state index in [0.29, 0.717) is 12.3 Å². The van der Waals surface area contributed by atoms with Crippen LogP contribution in [0.3, 0.4) is 0 Å². The van der Waals surface area contributed by atoms with Crippen LogP contribution in [0.15, 0.2) is 64.2 Å². The van der Waals surface area contributed by atoms with E-state index in [2.05, 4.69) is 0 Å². The number of carbonyl (C=O) groups is 1. The molecule has 0 aliphatic carbocycles. The van der Waals surface area contributed by atoms with Crippen molar-refractivity contribution in [2.24, 2.45) is 10.9 Å². The molecule has 0 spiro atoms. The van der Waals surface area contributed by atoms with E-state index >= 15 is 0 Å². The number of rotatable bonds is 6. The van der Waals surface area contributed by atoms with E-state index in [9.17, 15) is 4.79 Å². The Morgan fingerprint density at radius 3 is 2.67 bits per heavy atom. The van der Waals surface area contributed by atoms with Crippen LogP contribution in [0.5, 0.6) is 0 Å². The molecule has 1 aliphatic rings. The number of esters is 1. The van der Waals surface area contributed by atoms with Crippen LogP contribution in [0, 0.1) is 5.92 Å². The second kappa shape index (κ2) is 6.87. The molecule has 4 heteroatoms. The molecule has 3 rings (SSSR count). The molecule has 0 fully saturated rings. The first-order valence-electron chi connectivity index (χ1n) is 8.25. The first kappa shape index (κ1) is 16.2. The third kappa shape index (κ3) is 3.04. The third-order valence-corrected chi connectivity index (χ3v) is 4.34. The normalized spacial score (nSPS) is 21.8. The van der Waals surface area contributed by atoms with Crippen molar-refractivity contribution < 1.29 is 13.9 Å². The summed E-state index contributed by atoms with van der Waals surface area (Å²) >= 11 is 0. The van der Waals surface area contributed by atoms with E-state index in [1.165, 1.54) is 0 Å². The van der Waals surface area contributed by atoms with Gasteiger partial charge in [0.05, 0.1) is 6.26 Å². The van der Waals surface area contributed by atoms with Gasteiger partial charge >= 0.3 is 5.97 Å². The molecule has 2 heterocycles. The van der Waals surface area contributed by atoms with Gasteiger partial charge in [0.25, 0.3) is 0 Å². The summed E-state index contributed by atoms with van der Waals surface area (Å²) in [6, 6.07) is 13.3. The summed E-state index contributed by atoms with van der Waals surface area (Å²) in [5, 5.41) is 0. The molecular weight excluding hydrogens is 302 g/mol. The predicted molar refractivity (Wildman–Crippen MR) is 93.6 cm³/mol. The molecule has 1 aromatic heterocycles. The van der Waals surface area contributed by atoms with Gasteiger partial charge in [0.15, 0.2) is 5.54 Å². The maximum Gasteiger partial charge on any atom is 0.341 e. The lowest BCUT2D eigenvalue weighted by Gasteiger charge is -2.26. The zero-order chi connectivity index (χ0) is 17.0. The first-order chi connectivity index (χ1) is 11.7.